The van der Waals surface area contributed by atoms with Crippen molar-refractivity contribution in [3.05, 3.63) is 64.9 Å². The van der Waals surface area contributed by atoms with Gasteiger partial charge >= 0.3 is 0 Å². The molecule has 0 fully saturated rings. The number of nitrogens with one attached hydrogen (secondary N) is 1. The third-order valence-electron chi connectivity index (χ3n) is 3.13. The first kappa shape index (κ1) is 14.2. The quantitative estimate of drug-likeness (QED) is 0.593. The van der Waals surface area contributed by atoms with Crippen LogP contribution in [0.2, 0.25) is 0 Å². The van der Waals surface area contributed by atoms with Crippen LogP contribution in [0.25, 0.3) is 11.4 Å². The normalized spacial score (nSPS) is 11.0. The van der Waals surface area contributed by atoms with Crippen molar-refractivity contribution >= 4 is 18.4 Å². The highest BCUT2D eigenvalue weighted by Gasteiger charge is 2.07. The molecule has 0 atom stereocenters. The number of methoxy groups -OCH3 is 1. The fourth-order valence-electron chi connectivity index (χ4n) is 2.07. The smallest absolute Gasteiger partial charge is 0.216 e. The van der Waals surface area contributed by atoms with Gasteiger partial charge in [0.25, 0.3) is 0 Å². The average Bonchev–Trinajstić information content (AvgIpc) is 2.95. The number of aromatic amines is 1. The molecule has 0 unspecified atom stereocenters. The first-order chi connectivity index (χ1) is 10.8. The van der Waals surface area contributed by atoms with E-state index >= 15 is 0 Å². The fourth-order valence-corrected chi connectivity index (χ4v) is 2.25. The van der Waals surface area contributed by atoms with Gasteiger partial charge in [-0.2, -0.15) is 14.9 Å². The molecule has 0 aliphatic rings. The second-order valence-corrected chi connectivity index (χ2v) is 4.90. The third-order valence-corrected chi connectivity index (χ3v) is 3.40. The lowest BCUT2D eigenvalue weighted by atomic mass is 10.2. The number of para-hydroxylation sites is 1. The van der Waals surface area contributed by atoms with E-state index in [9.17, 15) is 0 Å². The molecule has 1 N–H and O–H groups in total. The molecule has 1 aromatic heterocycles. The van der Waals surface area contributed by atoms with E-state index in [1.165, 1.54) is 0 Å². The Balaban J connectivity index is 2.01. The van der Waals surface area contributed by atoms with E-state index in [0.717, 1.165) is 16.9 Å². The zero-order chi connectivity index (χ0) is 15.4. The Kier molecular flexibility index (Phi) is 4.11. The molecule has 0 bridgehead atoms. The van der Waals surface area contributed by atoms with Gasteiger partial charge in [-0.15, -0.1) is 0 Å². The number of rotatable bonds is 4. The molecule has 6 heteroatoms. The summed E-state index contributed by atoms with van der Waals surface area (Å²) in [5.74, 6) is 1.42. The molecule has 5 nitrogen and oxygen atoms in total. The number of aromatic nitrogens is 3. The molecule has 1 heterocycles. The SMILES string of the molecule is COc1ccccc1/C=N/n1c(-c2ccccc2)n[nH]c1=S. The van der Waals surface area contributed by atoms with Gasteiger partial charge in [-0.3, -0.25) is 0 Å². The van der Waals surface area contributed by atoms with Gasteiger partial charge in [0.05, 0.1) is 13.3 Å². The van der Waals surface area contributed by atoms with Gasteiger partial charge in [0.2, 0.25) is 4.77 Å². The number of benzene rings is 2. The molecular weight excluding hydrogens is 296 g/mol. The van der Waals surface area contributed by atoms with Gasteiger partial charge in [-0.1, -0.05) is 42.5 Å². The van der Waals surface area contributed by atoms with Crippen molar-refractivity contribution in [2.75, 3.05) is 7.11 Å². The van der Waals surface area contributed by atoms with Crippen molar-refractivity contribution in [3.8, 4) is 17.1 Å². The summed E-state index contributed by atoms with van der Waals surface area (Å²) in [7, 11) is 1.63. The number of hydrogen-bond donors (Lipinski definition) is 1. The summed E-state index contributed by atoms with van der Waals surface area (Å²) in [5.41, 5.74) is 1.80. The molecule has 2 aromatic carbocycles. The maximum absolute atomic E-state index is 5.31. The van der Waals surface area contributed by atoms with Crippen LogP contribution in [0.3, 0.4) is 0 Å². The number of ether oxygens (including phenoxy) is 1. The molecule has 110 valence electrons. The van der Waals surface area contributed by atoms with Crippen LogP contribution in [0, 0.1) is 4.77 Å². The van der Waals surface area contributed by atoms with Crippen LogP contribution in [-0.2, 0) is 0 Å². The van der Waals surface area contributed by atoms with Gasteiger partial charge in [-0.05, 0) is 24.4 Å². The molecule has 3 aromatic rings. The van der Waals surface area contributed by atoms with Crippen LogP contribution in [0.1, 0.15) is 5.56 Å². The summed E-state index contributed by atoms with van der Waals surface area (Å²) < 4.78 is 7.34. The third kappa shape index (κ3) is 2.82. The molecular formula is C16H14N4OS. The second-order valence-electron chi connectivity index (χ2n) is 4.52. The lowest BCUT2D eigenvalue weighted by Gasteiger charge is -2.04. The van der Waals surface area contributed by atoms with E-state index in [1.807, 2.05) is 54.6 Å². The van der Waals surface area contributed by atoms with Crippen LogP contribution in [0.5, 0.6) is 5.75 Å². The van der Waals surface area contributed by atoms with Crippen LogP contribution in [0.15, 0.2) is 59.7 Å². The average molecular weight is 310 g/mol. The van der Waals surface area contributed by atoms with E-state index in [4.69, 9.17) is 17.0 Å². The fraction of sp³-hybridized carbons (Fsp3) is 0.0625. The predicted octanol–water partition coefficient (Wildman–Crippen LogP) is 3.50. The molecule has 0 saturated heterocycles. The Hall–Kier alpha value is -2.73. The van der Waals surface area contributed by atoms with E-state index in [2.05, 4.69) is 15.3 Å². The topological polar surface area (TPSA) is 55.2 Å². The monoisotopic (exact) mass is 310 g/mol. The summed E-state index contributed by atoms with van der Waals surface area (Å²) in [5, 5.41) is 11.4. The lowest BCUT2D eigenvalue weighted by molar-refractivity contribution is 0.414. The van der Waals surface area contributed by atoms with Crippen molar-refractivity contribution in [2.24, 2.45) is 5.10 Å². The largest absolute Gasteiger partial charge is 0.496 e. The zero-order valence-electron chi connectivity index (χ0n) is 11.9. The summed E-state index contributed by atoms with van der Waals surface area (Å²) in [6, 6.07) is 17.4. The first-order valence-electron chi connectivity index (χ1n) is 6.70. The summed E-state index contributed by atoms with van der Waals surface area (Å²) in [6.07, 6.45) is 1.70. The molecule has 0 radical (unpaired) electrons. The van der Waals surface area contributed by atoms with Crippen LogP contribution < -0.4 is 4.74 Å². The van der Waals surface area contributed by atoms with Crippen LogP contribution in [0.4, 0.5) is 0 Å². The van der Waals surface area contributed by atoms with Crippen LogP contribution >= 0.6 is 12.2 Å². The molecule has 3 rings (SSSR count). The Morgan fingerprint density at radius 2 is 1.86 bits per heavy atom. The van der Waals surface area contributed by atoms with Gasteiger partial charge in [0.15, 0.2) is 5.82 Å². The lowest BCUT2D eigenvalue weighted by Crippen LogP contribution is -1.96. The standard InChI is InChI=1S/C16H14N4OS/c1-21-14-10-6-5-9-13(14)11-17-20-15(18-19-16(20)22)12-7-3-2-4-8-12/h2-11H,1H3,(H,19,22)/b17-11+. The zero-order valence-corrected chi connectivity index (χ0v) is 12.7. The first-order valence-corrected chi connectivity index (χ1v) is 7.10. The maximum atomic E-state index is 5.31. The predicted molar refractivity (Wildman–Crippen MR) is 88.8 cm³/mol. The Labute approximate surface area is 132 Å². The minimum absolute atomic E-state index is 0.435. The summed E-state index contributed by atoms with van der Waals surface area (Å²) >= 11 is 5.25. The molecule has 0 aliphatic heterocycles. The maximum Gasteiger partial charge on any atom is 0.216 e. The van der Waals surface area contributed by atoms with Gasteiger partial charge in [0.1, 0.15) is 5.75 Å². The molecule has 0 spiro atoms. The van der Waals surface area contributed by atoms with E-state index in [1.54, 1.807) is 18.0 Å². The van der Waals surface area contributed by atoms with Crippen molar-refractivity contribution < 1.29 is 4.74 Å². The second kappa shape index (κ2) is 6.36. The Bertz CT molecular complexity index is 852. The minimum atomic E-state index is 0.435. The van der Waals surface area contributed by atoms with Crippen LogP contribution in [-0.4, -0.2) is 28.2 Å². The minimum Gasteiger partial charge on any atom is -0.496 e. The molecule has 0 saturated carbocycles. The van der Waals surface area contributed by atoms with Gasteiger partial charge in [-0.25, -0.2) is 5.10 Å². The number of hydrogen-bond acceptors (Lipinski definition) is 4. The summed E-state index contributed by atoms with van der Waals surface area (Å²) in [4.78, 5) is 0. The van der Waals surface area contributed by atoms with Crippen molar-refractivity contribution in [1.82, 2.24) is 14.9 Å². The highest BCUT2D eigenvalue weighted by Crippen LogP contribution is 2.18. The van der Waals surface area contributed by atoms with Crippen molar-refractivity contribution in [1.29, 1.82) is 0 Å². The van der Waals surface area contributed by atoms with E-state index in [0.29, 0.717) is 10.6 Å². The van der Waals surface area contributed by atoms with Gasteiger partial charge < -0.3 is 4.74 Å². The van der Waals surface area contributed by atoms with Gasteiger partial charge in [0, 0.05) is 11.1 Å². The molecule has 22 heavy (non-hydrogen) atoms. The van der Waals surface area contributed by atoms with Crippen molar-refractivity contribution in [2.45, 2.75) is 0 Å². The number of nitrogens with zero attached hydrogens (tertiary/aromatic N) is 3. The Morgan fingerprint density at radius 3 is 2.64 bits per heavy atom. The number of H-pyrrole nitrogens is 1. The molecule has 0 aliphatic carbocycles. The summed E-state index contributed by atoms with van der Waals surface area (Å²) in [6.45, 7) is 0. The van der Waals surface area contributed by atoms with Crippen molar-refractivity contribution in [3.63, 3.8) is 0 Å². The van der Waals surface area contributed by atoms with E-state index < -0.39 is 0 Å². The highest BCUT2D eigenvalue weighted by atomic mass is 32.1. The molecule has 0 amide bonds. The Morgan fingerprint density at radius 1 is 1.14 bits per heavy atom. The van der Waals surface area contributed by atoms with E-state index in [-0.39, 0.29) is 0 Å². The highest BCUT2D eigenvalue weighted by molar-refractivity contribution is 7.71.